The molecule has 0 aromatic heterocycles. The summed E-state index contributed by atoms with van der Waals surface area (Å²) in [6.07, 6.45) is 0.214. The summed E-state index contributed by atoms with van der Waals surface area (Å²) in [6, 6.07) is -4.61. The van der Waals surface area contributed by atoms with Crippen LogP contribution in [0.3, 0.4) is 0 Å². The lowest BCUT2D eigenvalue weighted by atomic mass is 9.97. The van der Waals surface area contributed by atoms with Crippen LogP contribution in [0.15, 0.2) is 0 Å². The number of hydrogen-bond acceptors (Lipinski definition) is 7. The molecule has 1 saturated heterocycles. The van der Waals surface area contributed by atoms with Crippen molar-refractivity contribution in [3.8, 4) is 0 Å². The van der Waals surface area contributed by atoms with Gasteiger partial charge in [-0.05, 0) is 25.7 Å². The van der Waals surface area contributed by atoms with Crippen molar-refractivity contribution in [2.45, 2.75) is 70.3 Å². The molecule has 3 amide bonds. The SMILES string of the molecule is CCC(C)C(NC(=O)C(N)C(C)O)C(=O)NC(CO)C(=O)N1CCCC1C(=O)O. The Morgan fingerprint density at radius 1 is 1.17 bits per heavy atom. The molecule has 7 N–H and O–H groups in total. The molecule has 0 bridgehead atoms. The number of carboxylic acids is 1. The van der Waals surface area contributed by atoms with Crippen LogP contribution in [0.25, 0.3) is 0 Å². The van der Waals surface area contributed by atoms with Gasteiger partial charge >= 0.3 is 5.97 Å². The lowest BCUT2D eigenvalue weighted by molar-refractivity contribution is -0.150. The van der Waals surface area contributed by atoms with Gasteiger partial charge in [-0.3, -0.25) is 14.4 Å². The fraction of sp³-hybridized carbons (Fsp3) is 0.778. The predicted molar refractivity (Wildman–Crippen MR) is 102 cm³/mol. The van der Waals surface area contributed by atoms with Crippen LogP contribution in [0.4, 0.5) is 0 Å². The number of carbonyl (C=O) groups is 4. The quantitative estimate of drug-likeness (QED) is 0.231. The molecule has 6 unspecified atom stereocenters. The number of aliphatic hydroxyl groups is 2. The average molecular weight is 416 g/mol. The zero-order valence-electron chi connectivity index (χ0n) is 17.0. The van der Waals surface area contributed by atoms with Gasteiger partial charge in [-0.15, -0.1) is 0 Å². The van der Waals surface area contributed by atoms with Crippen molar-refractivity contribution >= 4 is 23.7 Å². The Balaban J connectivity index is 2.91. The monoisotopic (exact) mass is 416 g/mol. The van der Waals surface area contributed by atoms with Crippen LogP contribution in [0.1, 0.15) is 40.0 Å². The Morgan fingerprint density at radius 3 is 2.28 bits per heavy atom. The maximum Gasteiger partial charge on any atom is 0.326 e. The number of amides is 3. The molecule has 166 valence electrons. The Labute approximate surface area is 169 Å². The number of carbonyl (C=O) groups excluding carboxylic acids is 3. The molecule has 11 heteroatoms. The van der Waals surface area contributed by atoms with Crippen molar-refractivity contribution < 1.29 is 34.5 Å². The van der Waals surface area contributed by atoms with E-state index in [0.29, 0.717) is 19.3 Å². The highest BCUT2D eigenvalue weighted by molar-refractivity contribution is 5.94. The molecule has 0 aliphatic carbocycles. The topological polar surface area (TPSA) is 182 Å². The van der Waals surface area contributed by atoms with E-state index in [0.717, 1.165) is 4.90 Å². The molecule has 29 heavy (non-hydrogen) atoms. The molecule has 6 atom stereocenters. The van der Waals surface area contributed by atoms with Gasteiger partial charge in [-0.1, -0.05) is 20.3 Å². The fourth-order valence-electron chi connectivity index (χ4n) is 3.10. The largest absolute Gasteiger partial charge is 0.480 e. The third-order valence-corrected chi connectivity index (χ3v) is 5.23. The number of aliphatic hydroxyl groups excluding tert-OH is 2. The van der Waals surface area contributed by atoms with Crippen molar-refractivity contribution in [3.63, 3.8) is 0 Å². The molecule has 1 fully saturated rings. The van der Waals surface area contributed by atoms with Crippen molar-refractivity contribution in [2.75, 3.05) is 13.2 Å². The minimum atomic E-state index is -1.34. The second-order valence-electron chi connectivity index (χ2n) is 7.41. The highest BCUT2D eigenvalue weighted by Gasteiger charge is 2.38. The van der Waals surface area contributed by atoms with Crippen molar-refractivity contribution in [1.29, 1.82) is 0 Å². The van der Waals surface area contributed by atoms with Gasteiger partial charge in [-0.2, -0.15) is 0 Å². The number of aliphatic carboxylic acids is 1. The number of rotatable bonds is 10. The normalized spacial score (nSPS) is 21.6. The van der Waals surface area contributed by atoms with Gasteiger partial charge in [0.05, 0.1) is 12.7 Å². The van der Waals surface area contributed by atoms with Crippen LogP contribution in [-0.4, -0.2) is 87.3 Å². The van der Waals surface area contributed by atoms with Gasteiger partial charge in [0.25, 0.3) is 0 Å². The van der Waals surface area contributed by atoms with E-state index >= 15 is 0 Å². The van der Waals surface area contributed by atoms with Crippen LogP contribution in [0.5, 0.6) is 0 Å². The minimum Gasteiger partial charge on any atom is -0.480 e. The molecular formula is C18H32N4O7. The molecule has 1 rings (SSSR count). The summed E-state index contributed by atoms with van der Waals surface area (Å²) in [5, 5.41) is 33.2. The first-order chi connectivity index (χ1) is 13.5. The molecule has 0 spiro atoms. The number of likely N-dealkylation sites (tertiary alicyclic amines) is 1. The summed E-state index contributed by atoms with van der Waals surface area (Å²) in [5.74, 6) is -3.59. The van der Waals surface area contributed by atoms with Crippen LogP contribution in [0, 0.1) is 5.92 Å². The Morgan fingerprint density at radius 2 is 1.79 bits per heavy atom. The Bertz CT molecular complexity index is 613. The number of nitrogens with zero attached hydrogens (tertiary/aromatic N) is 1. The third-order valence-electron chi connectivity index (χ3n) is 5.23. The van der Waals surface area contributed by atoms with E-state index in [4.69, 9.17) is 5.73 Å². The average Bonchev–Trinajstić information content (AvgIpc) is 3.18. The molecule has 0 saturated carbocycles. The van der Waals surface area contributed by atoms with Gasteiger partial charge < -0.3 is 36.6 Å². The smallest absolute Gasteiger partial charge is 0.326 e. The van der Waals surface area contributed by atoms with E-state index in [1.165, 1.54) is 6.92 Å². The van der Waals surface area contributed by atoms with Gasteiger partial charge in [0, 0.05) is 6.54 Å². The van der Waals surface area contributed by atoms with Gasteiger partial charge in [0.15, 0.2) is 0 Å². The van der Waals surface area contributed by atoms with Gasteiger partial charge in [-0.25, -0.2) is 4.79 Å². The fourth-order valence-corrected chi connectivity index (χ4v) is 3.10. The minimum absolute atomic E-state index is 0.219. The summed E-state index contributed by atoms with van der Waals surface area (Å²) < 4.78 is 0. The maximum absolute atomic E-state index is 12.7. The molecule has 1 aliphatic rings. The summed E-state index contributed by atoms with van der Waals surface area (Å²) in [6.45, 7) is 4.37. The van der Waals surface area contributed by atoms with E-state index in [1.54, 1.807) is 6.92 Å². The summed E-state index contributed by atoms with van der Waals surface area (Å²) >= 11 is 0. The van der Waals surface area contributed by atoms with Crippen molar-refractivity contribution in [1.82, 2.24) is 15.5 Å². The first-order valence-corrected chi connectivity index (χ1v) is 9.73. The molecule has 11 nitrogen and oxygen atoms in total. The number of nitrogens with two attached hydrogens (primary N) is 1. The maximum atomic E-state index is 12.7. The highest BCUT2D eigenvalue weighted by atomic mass is 16.4. The summed E-state index contributed by atoms with van der Waals surface area (Å²) in [4.78, 5) is 50.0. The van der Waals surface area contributed by atoms with Gasteiger partial charge in [0.2, 0.25) is 17.7 Å². The molecule has 0 aromatic rings. The van der Waals surface area contributed by atoms with Crippen LogP contribution in [-0.2, 0) is 19.2 Å². The predicted octanol–water partition coefficient (Wildman–Crippen LogP) is -2.22. The summed E-state index contributed by atoms with van der Waals surface area (Å²) in [5.41, 5.74) is 5.60. The second kappa shape index (κ2) is 11.1. The van der Waals surface area contributed by atoms with E-state index in [-0.39, 0.29) is 12.5 Å². The Hall–Kier alpha value is -2.24. The van der Waals surface area contributed by atoms with E-state index in [1.807, 2.05) is 6.92 Å². The highest BCUT2D eigenvalue weighted by Crippen LogP contribution is 2.18. The van der Waals surface area contributed by atoms with Crippen LogP contribution >= 0.6 is 0 Å². The first-order valence-electron chi connectivity index (χ1n) is 9.73. The second-order valence-corrected chi connectivity index (χ2v) is 7.41. The van der Waals surface area contributed by atoms with E-state index < -0.39 is 60.6 Å². The molecule has 1 aliphatic heterocycles. The standard InChI is InChI=1S/C18H32N4O7/c1-4-9(2)14(21-15(25)13(19)10(3)24)16(26)20-11(8-23)17(27)22-7-5-6-12(22)18(28)29/h9-14,23-24H,4-8,19H2,1-3H3,(H,20,26)(H,21,25)(H,28,29). The van der Waals surface area contributed by atoms with E-state index in [9.17, 15) is 34.5 Å². The van der Waals surface area contributed by atoms with Crippen molar-refractivity contribution in [2.24, 2.45) is 11.7 Å². The molecule has 0 radical (unpaired) electrons. The zero-order valence-corrected chi connectivity index (χ0v) is 17.0. The number of nitrogens with one attached hydrogen (secondary N) is 2. The zero-order chi connectivity index (χ0) is 22.3. The van der Waals surface area contributed by atoms with Gasteiger partial charge in [0.1, 0.15) is 24.2 Å². The summed E-state index contributed by atoms with van der Waals surface area (Å²) in [7, 11) is 0. The molecular weight excluding hydrogens is 384 g/mol. The lowest BCUT2D eigenvalue weighted by Gasteiger charge is -2.29. The van der Waals surface area contributed by atoms with Crippen molar-refractivity contribution in [3.05, 3.63) is 0 Å². The molecule has 0 aromatic carbocycles. The Kier molecular flexibility index (Phi) is 9.47. The van der Waals surface area contributed by atoms with Crippen LogP contribution in [0.2, 0.25) is 0 Å². The third kappa shape index (κ3) is 6.38. The number of hydrogen-bond donors (Lipinski definition) is 6. The first kappa shape index (κ1) is 24.8. The van der Waals surface area contributed by atoms with Crippen LogP contribution < -0.4 is 16.4 Å². The lowest BCUT2D eigenvalue weighted by Crippen LogP contribution is -2.60. The molecule has 1 heterocycles. The number of carboxylic acid groups (broad SMARTS) is 1. The van der Waals surface area contributed by atoms with E-state index in [2.05, 4.69) is 10.6 Å².